The van der Waals surface area contributed by atoms with Gasteiger partial charge in [0.25, 0.3) is 10.0 Å². The summed E-state index contributed by atoms with van der Waals surface area (Å²) in [6.45, 7) is 1.36. The van der Waals surface area contributed by atoms with Gasteiger partial charge in [0, 0.05) is 49.6 Å². The molecule has 0 radical (unpaired) electrons. The van der Waals surface area contributed by atoms with Gasteiger partial charge in [0.1, 0.15) is 23.5 Å². The fourth-order valence-corrected chi connectivity index (χ4v) is 6.51. The van der Waals surface area contributed by atoms with Crippen molar-refractivity contribution >= 4 is 38.6 Å². The minimum absolute atomic E-state index is 0.0642. The first-order valence-corrected chi connectivity index (χ1v) is 15.9. The van der Waals surface area contributed by atoms with Gasteiger partial charge in [-0.1, -0.05) is 18.2 Å². The summed E-state index contributed by atoms with van der Waals surface area (Å²) in [6, 6.07) is 8.55. The first-order valence-electron chi connectivity index (χ1n) is 14.5. The van der Waals surface area contributed by atoms with E-state index in [9.17, 15) is 36.0 Å². The summed E-state index contributed by atoms with van der Waals surface area (Å²) in [7, 11) is -4.31. The Hall–Kier alpha value is -4.64. The van der Waals surface area contributed by atoms with Crippen molar-refractivity contribution in [2.24, 2.45) is 0 Å². The van der Waals surface area contributed by atoms with Crippen LogP contribution in [0, 0.1) is 0 Å². The zero-order chi connectivity index (χ0) is 33.1. The first-order chi connectivity index (χ1) is 21.8. The molecule has 3 amide bonds. The van der Waals surface area contributed by atoms with Crippen LogP contribution in [0.5, 0.6) is 0 Å². The van der Waals surface area contributed by atoms with Gasteiger partial charge in [0.15, 0.2) is 5.76 Å². The summed E-state index contributed by atoms with van der Waals surface area (Å²) in [4.78, 5) is 42.0. The standard InChI is InChI=1S/C29H32F3N7O6S/c1-17-27(41)36-22(14-18-16-34-20-7-3-2-6-19(18)20)28(42)33-11-5-13-39(12-4-8-25(40)35-17)46(43,44)26-10-9-23(45-26)21-15-24(38-37-21)29(30,31)32/h2-3,6-7,9-10,15-17,22,34H,4-5,8,11-14H2,1H3,(H,33,42)(H,35,40)(H,36,41)(H,37,38)/t17-,22+/m0/s1. The smallest absolute Gasteiger partial charge is 0.432 e. The number of H-pyrrole nitrogens is 2. The van der Waals surface area contributed by atoms with Gasteiger partial charge in [-0.25, -0.2) is 8.42 Å². The highest BCUT2D eigenvalue weighted by Gasteiger charge is 2.34. The lowest BCUT2D eigenvalue weighted by Crippen LogP contribution is -2.53. The van der Waals surface area contributed by atoms with Crippen LogP contribution in [0.4, 0.5) is 13.2 Å². The van der Waals surface area contributed by atoms with E-state index in [1.54, 1.807) is 6.20 Å². The molecule has 3 aromatic heterocycles. The average molecular weight is 664 g/mol. The number of rotatable bonds is 5. The van der Waals surface area contributed by atoms with Gasteiger partial charge >= 0.3 is 6.18 Å². The number of carbonyl (C=O) groups is 3. The highest BCUT2D eigenvalue weighted by molar-refractivity contribution is 7.89. The maximum Gasteiger partial charge on any atom is 0.432 e. The lowest BCUT2D eigenvalue weighted by Gasteiger charge is -2.21. The van der Waals surface area contributed by atoms with E-state index in [4.69, 9.17) is 4.42 Å². The Labute approximate surface area is 261 Å². The Bertz CT molecular complexity index is 1830. The molecule has 0 spiro atoms. The van der Waals surface area contributed by atoms with Crippen LogP contribution in [0.1, 0.15) is 37.4 Å². The third-order valence-corrected chi connectivity index (χ3v) is 9.28. The number of aromatic amines is 2. The first kappa shape index (κ1) is 32.7. The molecule has 246 valence electrons. The molecule has 5 N–H and O–H groups in total. The quantitative estimate of drug-likeness (QED) is 0.218. The van der Waals surface area contributed by atoms with Gasteiger partial charge in [0.05, 0.1) is 0 Å². The van der Waals surface area contributed by atoms with Crippen molar-refractivity contribution in [2.45, 2.75) is 56.0 Å². The normalized spacial score (nSPS) is 20.0. The molecule has 4 aromatic rings. The number of benzene rings is 1. The number of furan rings is 1. The minimum Gasteiger partial charge on any atom is -0.442 e. The molecule has 0 saturated carbocycles. The SMILES string of the molecule is C[C@@H]1NC(=O)CCCN(S(=O)(=O)c2ccc(-c3cc(C(F)(F)F)[nH]n3)o2)CCCNC(=O)[C@@H](Cc2c[nH]c3ccccc23)NC1=O. The molecule has 5 rings (SSSR count). The van der Waals surface area contributed by atoms with E-state index in [1.807, 2.05) is 29.4 Å². The molecular formula is C29H32F3N7O6S. The molecule has 4 heterocycles. The molecule has 0 bridgehead atoms. The van der Waals surface area contributed by atoms with Crippen LogP contribution in [0.25, 0.3) is 22.4 Å². The van der Waals surface area contributed by atoms with E-state index in [2.05, 4.69) is 26.0 Å². The molecule has 1 aromatic carbocycles. The van der Waals surface area contributed by atoms with Gasteiger partial charge in [-0.15, -0.1) is 0 Å². The van der Waals surface area contributed by atoms with Crippen molar-refractivity contribution < 1.29 is 40.4 Å². The molecule has 0 aliphatic carbocycles. The third-order valence-electron chi connectivity index (χ3n) is 7.51. The van der Waals surface area contributed by atoms with Gasteiger partial charge in [-0.05, 0) is 49.6 Å². The monoisotopic (exact) mass is 663 g/mol. The van der Waals surface area contributed by atoms with E-state index in [0.717, 1.165) is 26.8 Å². The Morgan fingerprint density at radius 1 is 1.02 bits per heavy atom. The number of halogens is 3. The second-order valence-corrected chi connectivity index (χ2v) is 12.7. The van der Waals surface area contributed by atoms with Crippen LogP contribution in [0.15, 0.2) is 58.2 Å². The van der Waals surface area contributed by atoms with Crippen LogP contribution in [0.3, 0.4) is 0 Å². The van der Waals surface area contributed by atoms with Crippen LogP contribution in [-0.2, 0) is 37.0 Å². The third kappa shape index (κ3) is 7.42. The number of carbonyl (C=O) groups excluding carboxylic acids is 3. The van der Waals surface area contributed by atoms with Crippen LogP contribution in [0.2, 0.25) is 0 Å². The molecule has 1 aliphatic heterocycles. The Kier molecular flexibility index (Phi) is 9.52. The van der Waals surface area contributed by atoms with Crippen LogP contribution >= 0.6 is 0 Å². The maximum atomic E-state index is 13.5. The fourth-order valence-electron chi connectivity index (χ4n) is 5.08. The summed E-state index contributed by atoms with van der Waals surface area (Å²) in [5, 5.41) is 13.8. The molecule has 1 fully saturated rings. The number of hydrogen-bond donors (Lipinski definition) is 5. The van der Waals surface area contributed by atoms with Gasteiger partial charge in [-0.3, -0.25) is 19.5 Å². The number of alkyl halides is 3. The number of nitrogens with zero attached hydrogens (tertiary/aromatic N) is 2. The predicted octanol–water partition coefficient (Wildman–Crippen LogP) is 2.69. The van der Waals surface area contributed by atoms with E-state index >= 15 is 0 Å². The van der Waals surface area contributed by atoms with Gasteiger partial charge in [0.2, 0.25) is 22.8 Å². The van der Waals surface area contributed by atoms with Crippen molar-refractivity contribution in [1.82, 2.24) is 35.4 Å². The molecule has 1 aliphatic rings. The number of fused-ring (bicyclic) bond motifs is 1. The van der Waals surface area contributed by atoms with E-state index < -0.39 is 56.8 Å². The number of amides is 3. The summed E-state index contributed by atoms with van der Waals surface area (Å²) >= 11 is 0. The fraction of sp³-hybridized carbons (Fsp3) is 0.379. The summed E-state index contributed by atoms with van der Waals surface area (Å²) in [6.07, 6.45) is -2.60. The van der Waals surface area contributed by atoms with E-state index in [1.165, 1.54) is 13.0 Å². The van der Waals surface area contributed by atoms with Crippen LogP contribution in [-0.4, -0.2) is 77.3 Å². The molecule has 13 nitrogen and oxygen atoms in total. The zero-order valence-electron chi connectivity index (χ0n) is 24.6. The molecule has 1 saturated heterocycles. The topological polar surface area (TPSA) is 182 Å². The summed E-state index contributed by atoms with van der Waals surface area (Å²) in [5.74, 6) is -1.73. The second kappa shape index (κ2) is 13.4. The van der Waals surface area contributed by atoms with Gasteiger partial charge in [-0.2, -0.15) is 22.6 Å². The number of nitrogens with one attached hydrogen (secondary N) is 5. The number of para-hydroxylation sites is 1. The minimum atomic E-state index is -4.68. The molecule has 17 heteroatoms. The maximum absolute atomic E-state index is 13.5. The number of sulfonamides is 1. The number of hydrogen-bond acceptors (Lipinski definition) is 7. The molecular weight excluding hydrogens is 631 g/mol. The van der Waals surface area contributed by atoms with Crippen LogP contribution < -0.4 is 16.0 Å². The predicted molar refractivity (Wildman–Crippen MR) is 158 cm³/mol. The Morgan fingerprint density at radius 3 is 2.54 bits per heavy atom. The Morgan fingerprint density at radius 2 is 1.78 bits per heavy atom. The second-order valence-electron chi connectivity index (χ2n) is 10.8. The summed E-state index contributed by atoms with van der Waals surface area (Å²) < 4.78 is 72.6. The zero-order valence-corrected chi connectivity index (χ0v) is 25.4. The Balaban J connectivity index is 1.32. The van der Waals surface area contributed by atoms with E-state index in [-0.39, 0.29) is 56.8 Å². The van der Waals surface area contributed by atoms with Crippen molar-refractivity contribution in [3.05, 3.63) is 59.9 Å². The molecule has 46 heavy (non-hydrogen) atoms. The van der Waals surface area contributed by atoms with Gasteiger partial charge < -0.3 is 25.4 Å². The highest BCUT2D eigenvalue weighted by Crippen LogP contribution is 2.32. The van der Waals surface area contributed by atoms with Crippen molar-refractivity contribution in [3.63, 3.8) is 0 Å². The lowest BCUT2D eigenvalue weighted by molar-refractivity contribution is -0.141. The average Bonchev–Trinajstić information content (AvgIpc) is 3.77. The van der Waals surface area contributed by atoms with Crippen molar-refractivity contribution in [2.75, 3.05) is 19.6 Å². The number of aromatic nitrogens is 3. The largest absolute Gasteiger partial charge is 0.442 e. The molecule has 2 atom stereocenters. The van der Waals surface area contributed by atoms with E-state index in [0.29, 0.717) is 6.07 Å². The van der Waals surface area contributed by atoms with Crippen molar-refractivity contribution in [1.29, 1.82) is 0 Å². The highest BCUT2D eigenvalue weighted by atomic mass is 32.2. The van der Waals surface area contributed by atoms with Crippen molar-refractivity contribution in [3.8, 4) is 11.5 Å². The summed E-state index contributed by atoms with van der Waals surface area (Å²) in [5.41, 5.74) is 0.307. The molecule has 0 unspecified atom stereocenters. The lowest BCUT2D eigenvalue weighted by atomic mass is 10.0.